The van der Waals surface area contributed by atoms with E-state index >= 15 is 0 Å². The molecule has 2 rings (SSSR count). The SMILES string of the molecule is Clc1cncc(OC2CC2)n1. The Hall–Kier alpha value is -0.830. The second kappa shape index (κ2) is 2.66. The van der Waals surface area contributed by atoms with E-state index < -0.39 is 0 Å². The van der Waals surface area contributed by atoms with Crippen LogP contribution in [-0.2, 0) is 0 Å². The lowest BCUT2D eigenvalue weighted by Crippen LogP contribution is -1.98. The van der Waals surface area contributed by atoms with Crippen LogP contribution in [0.15, 0.2) is 12.4 Å². The van der Waals surface area contributed by atoms with Crippen LogP contribution in [0.25, 0.3) is 0 Å². The van der Waals surface area contributed by atoms with Gasteiger partial charge in [0.15, 0.2) is 5.15 Å². The average Bonchev–Trinajstić information content (AvgIpc) is 2.71. The van der Waals surface area contributed by atoms with E-state index in [1.165, 1.54) is 6.20 Å². The van der Waals surface area contributed by atoms with E-state index in [0.29, 0.717) is 17.1 Å². The number of ether oxygens (including phenoxy) is 1. The van der Waals surface area contributed by atoms with Gasteiger partial charge < -0.3 is 4.74 Å². The van der Waals surface area contributed by atoms with E-state index in [9.17, 15) is 0 Å². The van der Waals surface area contributed by atoms with E-state index in [4.69, 9.17) is 16.3 Å². The van der Waals surface area contributed by atoms with Gasteiger partial charge in [-0.2, -0.15) is 4.98 Å². The summed E-state index contributed by atoms with van der Waals surface area (Å²) in [5.41, 5.74) is 0. The highest BCUT2D eigenvalue weighted by molar-refractivity contribution is 6.29. The summed E-state index contributed by atoms with van der Waals surface area (Å²) in [5.74, 6) is 0.528. The molecule has 0 amide bonds. The normalized spacial score (nSPS) is 16.5. The Morgan fingerprint density at radius 3 is 2.91 bits per heavy atom. The Bertz CT molecular complexity index is 262. The Morgan fingerprint density at radius 2 is 2.27 bits per heavy atom. The average molecular weight is 171 g/mol. The monoisotopic (exact) mass is 170 g/mol. The molecule has 0 aromatic carbocycles. The molecule has 0 N–H and O–H groups in total. The first-order chi connectivity index (χ1) is 5.34. The highest BCUT2D eigenvalue weighted by Gasteiger charge is 2.24. The molecule has 11 heavy (non-hydrogen) atoms. The van der Waals surface area contributed by atoms with Gasteiger partial charge in [-0.05, 0) is 12.8 Å². The maximum atomic E-state index is 5.60. The third-order valence-corrected chi connectivity index (χ3v) is 1.58. The first-order valence-electron chi connectivity index (χ1n) is 3.49. The van der Waals surface area contributed by atoms with E-state index in [2.05, 4.69) is 9.97 Å². The van der Waals surface area contributed by atoms with Crippen molar-refractivity contribution in [1.82, 2.24) is 9.97 Å². The first-order valence-corrected chi connectivity index (χ1v) is 3.86. The van der Waals surface area contributed by atoms with Crippen LogP contribution in [0.3, 0.4) is 0 Å². The van der Waals surface area contributed by atoms with Crippen molar-refractivity contribution in [3.8, 4) is 5.88 Å². The van der Waals surface area contributed by atoms with Gasteiger partial charge in [-0.3, -0.25) is 4.98 Å². The van der Waals surface area contributed by atoms with Crippen molar-refractivity contribution in [2.24, 2.45) is 0 Å². The fraction of sp³-hybridized carbons (Fsp3) is 0.429. The van der Waals surface area contributed by atoms with Gasteiger partial charge in [0.05, 0.1) is 12.4 Å². The molecule has 1 aliphatic rings. The van der Waals surface area contributed by atoms with Crippen molar-refractivity contribution in [2.75, 3.05) is 0 Å². The zero-order chi connectivity index (χ0) is 7.68. The first kappa shape index (κ1) is 6.85. The van der Waals surface area contributed by atoms with E-state index in [1.807, 2.05) is 0 Å². The lowest BCUT2D eigenvalue weighted by molar-refractivity contribution is 0.290. The lowest BCUT2D eigenvalue weighted by Gasteiger charge is -2.00. The van der Waals surface area contributed by atoms with E-state index in [1.54, 1.807) is 6.20 Å². The largest absolute Gasteiger partial charge is 0.473 e. The Kier molecular flexibility index (Phi) is 1.66. The molecule has 1 aliphatic carbocycles. The fourth-order valence-electron chi connectivity index (χ4n) is 0.739. The highest BCUT2D eigenvalue weighted by Crippen LogP contribution is 2.25. The summed E-state index contributed by atoms with van der Waals surface area (Å²) in [5, 5.41) is 0.378. The highest BCUT2D eigenvalue weighted by atomic mass is 35.5. The molecular weight excluding hydrogens is 164 g/mol. The van der Waals surface area contributed by atoms with Crippen molar-refractivity contribution in [3.05, 3.63) is 17.5 Å². The van der Waals surface area contributed by atoms with Gasteiger partial charge in [0.2, 0.25) is 5.88 Å². The molecule has 3 nitrogen and oxygen atoms in total. The second-order valence-electron chi connectivity index (χ2n) is 2.50. The molecule has 0 radical (unpaired) electrons. The second-order valence-corrected chi connectivity index (χ2v) is 2.88. The molecule has 1 aromatic rings. The molecule has 1 saturated carbocycles. The van der Waals surface area contributed by atoms with Crippen molar-refractivity contribution in [3.63, 3.8) is 0 Å². The van der Waals surface area contributed by atoms with Crippen LogP contribution >= 0.6 is 11.6 Å². The summed E-state index contributed by atoms with van der Waals surface area (Å²) in [6, 6.07) is 0. The summed E-state index contributed by atoms with van der Waals surface area (Å²) < 4.78 is 5.35. The van der Waals surface area contributed by atoms with Crippen molar-refractivity contribution >= 4 is 11.6 Å². The van der Waals surface area contributed by atoms with Crippen LogP contribution in [0.5, 0.6) is 5.88 Å². The summed E-state index contributed by atoms with van der Waals surface area (Å²) in [7, 11) is 0. The molecule has 0 aliphatic heterocycles. The van der Waals surface area contributed by atoms with Crippen molar-refractivity contribution in [2.45, 2.75) is 18.9 Å². The van der Waals surface area contributed by atoms with Gasteiger partial charge >= 0.3 is 0 Å². The molecule has 1 heterocycles. The standard InChI is InChI=1S/C7H7ClN2O/c8-6-3-9-4-7(10-6)11-5-1-2-5/h3-5H,1-2H2. The number of hydrogen-bond donors (Lipinski definition) is 0. The number of aromatic nitrogens is 2. The smallest absolute Gasteiger partial charge is 0.234 e. The predicted molar refractivity (Wildman–Crippen MR) is 40.7 cm³/mol. The summed E-state index contributed by atoms with van der Waals surface area (Å²) in [4.78, 5) is 7.78. The van der Waals surface area contributed by atoms with E-state index in [-0.39, 0.29) is 0 Å². The van der Waals surface area contributed by atoms with Gasteiger partial charge in [0, 0.05) is 0 Å². The van der Waals surface area contributed by atoms with Crippen LogP contribution < -0.4 is 4.74 Å². The minimum atomic E-state index is 0.350. The van der Waals surface area contributed by atoms with E-state index in [0.717, 1.165) is 12.8 Å². The molecule has 0 atom stereocenters. The van der Waals surface area contributed by atoms with Crippen LogP contribution in [0.2, 0.25) is 5.15 Å². The number of nitrogens with zero attached hydrogens (tertiary/aromatic N) is 2. The van der Waals surface area contributed by atoms with Gasteiger partial charge in [-0.15, -0.1) is 0 Å². The molecule has 1 fully saturated rings. The van der Waals surface area contributed by atoms with Gasteiger partial charge in [-0.25, -0.2) is 0 Å². The fourth-order valence-corrected chi connectivity index (χ4v) is 0.879. The minimum Gasteiger partial charge on any atom is -0.473 e. The Morgan fingerprint density at radius 1 is 1.45 bits per heavy atom. The molecule has 0 bridgehead atoms. The van der Waals surface area contributed by atoms with Crippen molar-refractivity contribution in [1.29, 1.82) is 0 Å². The molecule has 0 unspecified atom stereocenters. The summed E-state index contributed by atoms with van der Waals surface area (Å²) in [6.45, 7) is 0. The summed E-state index contributed by atoms with van der Waals surface area (Å²) >= 11 is 5.60. The molecule has 4 heteroatoms. The topological polar surface area (TPSA) is 35.0 Å². The third-order valence-electron chi connectivity index (χ3n) is 1.39. The molecule has 1 aromatic heterocycles. The van der Waals surface area contributed by atoms with Crippen LogP contribution in [0, 0.1) is 0 Å². The van der Waals surface area contributed by atoms with Gasteiger partial charge in [-0.1, -0.05) is 11.6 Å². The quantitative estimate of drug-likeness (QED) is 0.677. The summed E-state index contributed by atoms with van der Waals surface area (Å²) in [6.07, 6.45) is 5.65. The third kappa shape index (κ3) is 1.80. The minimum absolute atomic E-state index is 0.350. The van der Waals surface area contributed by atoms with Crippen molar-refractivity contribution < 1.29 is 4.74 Å². The maximum Gasteiger partial charge on any atom is 0.234 e. The van der Waals surface area contributed by atoms with Crippen LogP contribution in [0.1, 0.15) is 12.8 Å². The molecule has 58 valence electrons. The predicted octanol–water partition coefficient (Wildman–Crippen LogP) is 1.67. The number of hydrogen-bond acceptors (Lipinski definition) is 3. The Labute approximate surface area is 69.4 Å². The van der Waals surface area contributed by atoms with Gasteiger partial charge in [0.25, 0.3) is 0 Å². The Balaban J connectivity index is 2.10. The van der Waals surface area contributed by atoms with Crippen LogP contribution in [0.4, 0.5) is 0 Å². The zero-order valence-corrected chi connectivity index (χ0v) is 6.58. The lowest BCUT2D eigenvalue weighted by atomic mass is 10.7. The van der Waals surface area contributed by atoms with Gasteiger partial charge in [0.1, 0.15) is 6.10 Å². The number of halogens is 1. The molecule has 0 spiro atoms. The molecular formula is C7H7ClN2O. The molecule has 0 saturated heterocycles. The number of rotatable bonds is 2. The maximum absolute atomic E-state index is 5.60. The van der Waals surface area contributed by atoms with Crippen LogP contribution in [-0.4, -0.2) is 16.1 Å². The zero-order valence-electron chi connectivity index (χ0n) is 5.83.